The summed E-state index contributed by atoms with van der Waals surface area (Å²) in [5.41, 5.74) is 1.67. The number of rotatable bonds is 5. The quantitative estimate of drug-likeness (QED) is 0.922. The van der Waals surface area contributed by atoms with Crippen molar-refractivity contribution in [2.45, 2.75) is 18.2 Å². The molecule has 0 spiro atoms. The van der Waals surface area contributed by atoms with Gasteiger partial charge in [0.05, 0.1) is 4.90 Å². The summed E-state index contributed by atoms with van der Waals surface area (Å²) in [7, 11) is -3.47. The lowest BCUT2D eigenvalue weighted by Gasteiger charge is -2.09. The van der Waals surface area contributed by atoms with Crippen LogP contribution in [-0.4, -0.2) is 15.0 Å². The summed E-state index contributed by atoms with van der Waals surface area (Å²) in [5, 5.41) is 0.655. The monoisotopic (exact) mass is 309 g/mol. The topological polar surface area (TPSA) is 46.2 Å². The molecule has 0 radical (unpaired) electrons. The van der Waals surface area contributed by atoms with Crippen LogP contribution in [0.4, 0.5) is 0 Å². The molecule has 0 aliphatic carbocycles. The molecule has 0 amide bonds. The first kappa shape index (κ1) is 15.0. The molecule has 5 heteroatoms. The zero-order valence-electron chi connectivity index (χ0n) is 11.1. The van der Waals surface area contributed by atoms with E-state index < -0.39 is 10.0 Å². The van der Waals surface area contributed by atoms with Crippen LogP contribution in [0.5, 0.6) is 0 Å². The third-order valence-electron chi connectivity index (χ3n) is 3.03. The highest BCUT2D eigenvalue weighted by Crippen LogP contribution is 2.16. The maximum Gasteiger partial charge on any atom is 0.240 e. The van der Waals surface area contributed by atoms with Crippen molar-refractivity contribution in [1.29, 1.82) is 0 Å². The van der Waals surface area contributed by atoms with Gasteiger partial charge in [0.15, 0.2) is 0 Å². The van der Waals surface area contributed by atoms with E-state index in [2.05, 4.69) is 4.72 Å². The molecule has 1 N–H and O–H groups in total. The van der Waals surface area contributed by atoms with Gasteiger partial charge in [0.25, 0.3) is 0 Å². The number of sulfonamides is 1. The Morgan fingerprint density at radius 1 is 1.05 bits per heavy atom. The van der Waals surface area contributed by atoms with Gasteiger partial charge >= 0.3 is 0 Å². The molecule has 0 heterocycles. The summed E-state index contributed by atoms with van der Waals surface area (Å²) in [6.45, 7) is 2.10. The van der Waals surface area contributed by atoms with Gasteiger partial charge in [0.1, 0.15) is 0 Å². The van der Waals surface area contributed by atoms with Crippen LogP contribution in [0, 0.1) is 6.92 Å². The molecule has 0 aromatic heterocycles. The highest BCUT2D eigenvalue weighted by molar-refractivity contribution is 7.89. The van der Waals surface area contributed by atoms with Crippen LogP contribution in [0.2, 0.25) is 5.02 Å². The Balaban J connectivity index is 2.04. The largest absolute Gasteiger partial charge is 0.240 e. The lowest BCUT2D eigenvalue weighted by atomic mass is 10.1. The van der Waals surface area contributed by atoms with Crippen molar-refractivity contribution in [1.82, 2.24) is 4.72 Å². The second-order valence-electron chi connectivity index (χ2n) is 4.50. The summed E-state index contributed by atoms with van der Waals surface area (Å²) in [5.74, 6) is 0. The van der Waals surface area contributed by atoms with Gasteiger partial charge in [-0.05, 0) is 36.6 Å². The summed E-state index contributed by atoms with van der Waals surface area (Å²) in [6, 6.07) is 14.3. The highest BCUT2D eigenvalue weighted by atomic mass is 35.5. The van der Waals surface area contributed by atoms with Gasteiger partial charge in [-0.25, -0.2) is 13.1 Å². The van der Waals surface area contributed by atoms with Gasteiger partial charge in [0.2, 0.25) is 10.0 Å². The van der Waals surface area contributed by atoms with E-state index in [-0.39, 0.29) is 0 Å². The number of hydrogen-bond donors (Lipinski definition) is 1. The van der Waals surface area contributed by atoms with E-state index in [1.54, 1.807) is 31.2 Å². The molecular formula is C15H16ClNO2S. The zero-order valence-corrected chi connectivity index (χ0v) is 12.7. The van der Waals surface area contributed by atoms with E-state index in [9.17, 15) is 8.42 Å². The van der Waals surface area contributed by atoms with Crippen LogP contribution >= 0.6 is 11.6 Å². The predicted molar refractivity (Wildman–Crippen MR) is 81.5 cm³/mol. The number of benzene rings is 2. The Kier molecular flexibility index (Phi) is 4.81. The minimum Gasteiger partial charge on any atom is -0.211 e. The standard InChI is InChI=1S/C15H16ClNO2S/c1-12-6-2-5-9-15(12)20(18,19)17-11-10-13-7-3-4-8-14(13)16/h2-9,17H,10-11H2,1H3. The third-order valence-corrected chi connectivity index (χ3v) is 5.02. The highest BCUT2D eigenvalue weighted by Gasteiger charge is 2.15. The first-order valence-corrected chi connectivity index (χ1v) is 8.15. The fourth-order valence-corrected chi connectivity index (χ4v) is 3.46. The number of nitrogens with one attached hydrogen (secondary N) is 1. The molecule has 106 valence electrons. The fraction of sp³-hybridized carbons (Fsp3) is 0.200. The van der Waals surface area contributed by atoms with Crippen molar-refractivity contribution in [2.75, 3.05) is 6.54 Å². The summed E-state index contributed by atoms with van der Waals surface area (Å²) in [6.07, 6.45) is 0.560. The average molecular weight is 310 g/mol. The molecule has 0 unspecified atom stereocenters. The van der Waals surface area contributed by atoms with Crippen molar-refractivity contribution in [3.8, 4) is 0 Å². The summed E-state index contributed by atoms with van der Waals surface area (Å²) in [4.78, 5) is 0.319. The van der Waals surface area contributed by atoms with Crippen LogP contribution in [-0.2, 0) is 16.4 Å². The van der Waals surface area contributed by atoms with E-state index in [0.717, 1.165) is 11.1 Å². The Morgan fingerprint density at radius 2 is 1.70 bits per heavy atom. The van der Waals surface area contributed by atoms with Gasteiger partial charge in [-0.15, -0.1) is 0 Å². The smallest absolute Gasteiger partial charge is 0.211 e. The van der Waals surface area contributed by atoms with Crippen LogP contribution in [0.15, 0.2) is 53.4 Å². The molecule has 3 nitrogen and oxygen atoms in total. The molecule has 0 bridgehead atoms. The van der Waals surface area contributed by atoms with Gasteiger partial charge in [-0.3, -0.25) is 0 Å². The molecule has 20 heavy (non-hydrogen) atoms. The lowest BCUT2D eigenvalue weighted by Crippen LogP contribution is -2.26. The lowest BCUT2D eigenvalue weighted by molar-refractivity contribution is 0.581. The molecule has 0 saturated carbocycles. The van der Waals surface area contributed by atoms with Gasteiger partial charge in [0, 0.05) is 11.6 Å². The van der Waals surface area contributed by atoms with E-state index in [0.29, 0.717) is 22.9 Å². The molecule has 2 aromatic rings. The molecule has 0 atom stereocenters. The number of aryl methyl sites for hydroxylation is 1. The van der Waals surface area contributed by atoms with Crippen LogP contribution in [0.3, 0.4) is 0 Å². The van der Waals surface area contributed by atoms with E-state index in [1.807, 2.05) is 24.3 Å². The Hall–Kier alpha value is -1.36. The van der Waals surface area contributed by atoms with Gasteiger partial charge in [-0.2, -0.15) is 0 Å². The molecule has 0 saturated heterocycles. The maximum absolute atomic E-state index is 12.2. The Labute approximate surface area is 124 Å². The van der Waals surface area contributed by atoms with Gasteiger partial charge in [-0.1, -0.05) is 48.0 Å². The van der Waals surface area contributed by atoms with Crippen molar-refractivity contribution >= 4 is 21.6 Å². The van der Waals surface area contributed by atoms with E-state index >= 15 is 0 Å². The predicted octanol–water partition coefficient (Wildman–Crippen LogP) is 3.17. The van der Waals surface area contributed by atoms with E-state index in [4.69, 9.17) is 11.6 Å². The minimum absolute atomic E-state index is 0.319. The Bertz CT molecular complexity index is 699. The fourth-order valence-electron chi connectivity index (χ4n) is 1.96. The average Bonchev–Trinajstić information content (AvgIpc) is 2.41. The van der Waals surface area contributed by atoms with Crippen LogP contribution in [0.25, 0.3) is 0 Å². The van der Waals surface area contributed by atoms with Gasteiger partial charge < -0.3 is 0 Å². The second kappa shape index (κ2) is 6.39. The minimum atomic E-state index is -3.47. The summed E-state index contributed by atoms with van der Waals surface area (Å²) < 4.78 is 27.0. The maximum atomic E-state index is 12.2. The molecule has 0 aliphatic heterocycles. The van der Waals surface area contributed by atoms with Crippen molar-refractivity contribution < 1.29 is 8.42 Å². The van der Waals surface area contributed by atoms with E-state index in [1.165, 1.54) is 0 Å². The molecular weight excluding hydrogens is 294 g/mol. The molecule has 0 aliphatic rings. The van der Waals surface area contributed by atoms with Crippen LogP contribution < -0.4 is 4.72 Å². The Morgan fingerprint density at radius 3 is 2.40 bits per heavy atom. The van der Waals surface area contributed by atoms with Crippen molar-refractivity contribution in [2.24, 2.45) is 0 Å². The second-order valence-corrected chi connectivity index (χ2v) is 6.65. The normalized spacial score (nSPS) is 11.5. The molecule has 0 fully saturated rings. The first-order chi connectivity index (χ1) is 9.50. The SMILES string of the molecule is Cc1ccccc1S(=O)(=O)NCCc1ccccc1Cl. The van der Waals surface area contributed by atoms with Crippen molar-refractivity contribution in [3.63, 3.8) is 0 Å². The zero-order chi connectivity index (χ0) is 14.6. The first-order valence-electron chi connectivity index (χ1n) is 6.29. The van der Waals surface area contributed by atoms with Crippen LogP contribution in [0.1, 0.15) is 11.1 Å². The van der Waals surface area contributed by atoms with Crippen molar-refractivity contribution in [3.05, 3.63) is 64.7 Å². The molecule has 2 aromatic carbocycles. The summed E-state index contributed by atoms with van der Waals surface area (Å²) >= 11 is 6.04. The number of halogens is 1. The number of hydrogen-bond acceptors (Lipinski definition) is 2. The third kappa shape index (κ3) is 3.60. The molecule has 2 rings (SSSR count).